The number of hydrogen-bond acceptors (Lipinski definition) is 3. The SMILES string of the molecule is Cc1ccc(Oc2ccc(N3C(=S)N[C@@H](c4ccccn4)[C@@H]3c3cccn3-c3cccc(C(F)(F)F)c3)cc2)cc1. The molecule has 6 rings (SSSR count). The standard InChI is InChI=1S/C32H25F3N4OS/c1-21-10-14-25(15-11-21)40-26-16-12-23(13-17-26)39-30(29(37-31(39)41)27-8-2-3-18-36-27)28-9-5-19-38(28)24-7-4-6-22(20-24)32(33,34)35/h2-20,29-30H,1H3,(H,37,41)/t29-,30-/m0/s1. The predicted octanol–water partition coefficient (Wildman–Crippen LogP) is 8.17. The third kappa shape index (κ3) is 5.40. The zero-order chi connectivity index (χ0) is 28.6. The van der Waals surface area contributed by atoms with E-state index in [2.05, 4.69) is 10.3 Å². The molecule has 5 nitrogen and oxygen atoms in total. The first-order chi connectivity index (χ1) is 19.8. The molecular weight excluding hydrogens is 545 g/mol. The fourth-order valence-electron chi connectivity index (χ4n) is 5.05. The van der Waals surface area contributed by atoms with Crippen LogP contribution in [0.3, 0.4) is 0 Å². The lowest BCUT2D eigenvalue weighted by atomic mass is 10.0. The Kier molecular flexibility index (Phi) is 6.96. The van der Waals surface area contributed by atoms with Gasteiger partial charge in [-0.2, -0.15) is 13.2 Å². The van der Waals surface area contributed by atoms with Gasteiger partial charge in [-0.25, -0.2) is 0 Å². The summed E-state index contributed by atoms with van der Waals surface area (Å²) in [4.78, 5) is 6.55. The number of nitrogens with one attached hydrogen (secondary N) is 1. The molecule has 0 radical (unpaired) electrons. The highest BCUT2D eigenvalue weighted by Crippen LogP contribution is 2.43. The third-order valence-corrected chi connectivity index (χ3v) is 7.32. The molecule has 1 saturated heterocycles. The number of aryl methyl sites for hydroxylation is 1. The first kappa shape index (κ1) is 26.6. The van der Waals surface area contributed by atoms with E-state index in [-0.39, 0.29) is 6.04 Å². The Morgan fingerprint density at radius 1 is 0.829 bits per heavy atom. The summed E-state index contributed by atoms with van der Waals surface area (Å²) in [6, 6.07) is 29.3. The average molecular weight is 571 g/mol. The molecule has 2 aromatic heterocycles. The lowest BCUT2D eigenvalue weighted by Crippen LogP contribution is -2.30. The Morgan fingerprint density at radius 2 is 1.56 bits per heavy atom. The molecule has 1 aliphatic heterocycles. The minimum Gasteiger partial charge on any atom is -0.457 e. The van der Waals surface area contributed by atoms with Crippen LogP contribution in [0.1, 0.15) is 34.6 Å². The van der Waals surface area contributed by atoms with Gasteiger partial charge in [0.15, 0.2) is 5.11 Å². The molecule has 0 saturated carbocycles. The van der Waals surface area contributed by atoms with E-state index in [1.54, 1.807) is 23.0 Å². The van der Waals surface area contributed by atoms with Crippen LogP contribution < -0.4 is 15.0 Å². The normalized spacial score (nSPS) is 17.0. The zero-order valence-corrected chi connectivity index (χ0v) is 22.7. The summed E-state index contributed by atoms with van der Waals surface area (Å²) in [6.45, 7) is 2.02. The van der Waals surface area contributed by atoms with Crippen molar-refractivity contribution in [1.29, 1.82) is 0 Å². The molecule has 2 atom stereocenters. The Morgan fingerprint density at radius 3 is 2.24 bits per heavy atom. The highest BCUT2D eigenvalue weighted by atomic mass is 32.1. The van der Waals surface area contributed by atoms with Crippen LogP contribution in [0.25, 0.3) is 5.69 Å². The maximum Gasteiger partial charge on any atom is 0.416 e. The number of aromatic nitrogens is 2. The van der Waals surface area contributed by atoms with Crippen molar-refractivity contribution in [3.05, 3.63) is 138 Å². The van der Waals surface area contributed by atoms with Crippen LogP contribution in [0.15, 0.2) is 116 Å². The second kappa shape index (κ2) is 10.7. The number of anilines is 1. The summed E-state index contributed by atoms with van der Waals surface area (Å²) >= 11 is 5.83. The van der Waals surface area contributed by atoms with Gasteiger partial charge in [0.25, 0.3) is 0 Å². The Balaban J connectivity index is 1.40. The van der Waals surface area contributed by atoms with Gasteiger partial charge in [0.05, 0.1) is 17.3 Å². The first-order valence-corrected chi connectivity index (χ1v) is 13.4. The zero-order valence-electron chi connectivity index (χ0n) is 21.9. The number of halogens is 3. The average Bonchev–Trinajstić information content (AvgIpc) is 3.59. The summed E-state index contributed by atoms with van der Waals surface area (Å²) in [5.41, 5.74) is 3.16. The molecule has 0 bridgehead atoms. The van der Waals surface area contributed by atoms with Gasteiger partial charge in [-0.1, -0.05) is 29.8 Å². The van der Waals surface area contributed by atoms with Crippen LogP contribution in [0.5, 0.6) is 11.5 Å². The van der Waals surface area contributed by atoms with Crippen molar-refractivity contribution in [3.8, 4) is 17.2 Å². The minimum atomic E-state index is -4.45. The predicted molar refractivity (Wildman–Crippen MR) is 156 cm³/mol. The quantitative estimate of drug-likeness (QED) is 0.209. The van der Waals surface area contributed by atoms with E-state index < -0.39 is 17.8 Å². The van der Waals surface area contributed by atoms with Crippen molar-refractivity contribution >= 4 is 23.0 Å². The molecule has 9 heteroatoms. The Bertz CT molecular complexity index is 1670. The number of hydrogen-bond donors (Lipinski definition) is 1. The van der Waals surface area contributed by atoms with E-state index in [0.29, 0.717) is 16.5 Å². The van der Waals surface area contributed by atoms with Crippen molar-refractivity contribution in [3.63, 3.8) is 0 Å². The van der Waals surface area contributed by atoms with Crippen molar-refractivity contribution < 1.29 is 17.9 Å². The minimum absolute atomic E-state index is 0.355. The van der Waals surface area contributed by atoms with Gasteiger partial charge in [-0.15, -0.1) is 0 Å². The van der Waals surface area contributed by atoms with Crippen LogP contribution in [0, 0.1) is 6.92 Å². The van der Waals surface area contributed by atoms with Gasteiger partial charge >= 0.3 is 6.18 Å². The van der Waals surface area contributed by atoms with E-state index >= 15 is 0 Å². The maximum atomic E-state index is 13.6. The number of benzene rings is 3. The van der Waals surface area contributed by atoms with Gasteiger partial charge in [0.1, 0.15) is 17.5 Å². The largest absolute Gasteiger partial charge is 0.457 e. The molecule has 5 aromatic rings. The lowest BCUT2D eigenvalue weighted by Gasteiger charge is -2.29. The van der Waals surface area contributed by atoms with Crippen molar-refractivity contribution in [1.82, 2.24) is 14.9 Å². The lowest BCUT2D eigenvalue weighted by molar-refractivity contribution is -0.137. The molecule has 1 fully saturated rings. The smallest absolute Gasteiger partial charge is 0.416 e. The van der Waals surface area contributed by atoms with Crippen LogP contribution in [-0.2, 0) is 6.18 Å². The molecule has 206 valence electrons. The topological polar surface area (TPSA) is 42.3 Å². The summed E-state index contributed by atoms with van der Waals surface area (Å²) in [5.74, 6) is 1.40. The van der Waals surface area contributed by atoms with E-state index in [4.69, 9.17) is 17.0 Å². The molecule has 0 aliphatic carbocycles. The molecule has 3 heterocycles. The van der Waals surface area contributed by atoms with Gasteiger partial charge < -0.3 is 19.5 Å². The van der Waals surface area contributed by atoms with Crippen LogP contribution in [-0.4, -0.2) is 14.7 Å². The third-order valence-electron chi connectivity index (χ3n) is 7.00. The second-order valence-electron chi connectivity index (χ2n) is 9.76. The van der Waals surface area contributed by atoms with Crippen LogP contribution in [0.4, 0.5) is 18.9 Å². The first-order valence-electron chi connectivity index (χ1n) is 13.0. The fourth-order valence-corrected chi connectivity index (χ4v) is 5.40. The highest BCUT2D eigenvalue weighted by Gasteiger charge is 2.42. The van der Waals surface area contributed by atoms with E-state index in [0.717, 1.165) is 40.5 Å². The number of ether oxygens (including phenoxy) is 1. The maximum absolute atomic E-state index is 13.6. The molecular formula is C32H25F3N4OS. The monoisotopic (exact) mass is 570 g/mol. The molecule has 3 aromatic carbocycles. The number of alkyl halides is 3. The van der Waals surface area contributed by atoms with Crippen molar-refractivity contribution in [2.45, 2.75) is 25.2 Å². The van der Waals surface area contributed by atoms with Crippen LogP contribution in [0.2, 0.25) is 0 Å². The molecule has 0 spiro atoms. The van der Waals surface area contributed by atoms with Gasteiger partial charge in [-0.05, 0) is 98.0 Å². The number of nitrogens with zero attached hydrogens (tertiary/aromatic N) is 3. The molecule has 1 aliphatic rings. The second-order valence-corrected chi connectivity index (χ2v) is 10.1. The van der Waals surface area contributed by atoms with Gasteiger partial charge in [-0.3, -0.25) is 4.98 Å². The summed E-state index contributed by atoms with van der Waals surface area (Å²) < 4.78 is 48.4. The molecule has 1 N–H and O–H groups in total. The van der Waals surface area contributed by atoms with Crippen molar-refractivity contribution in [2.75, 3.05) is 4.90 Å². The Hall–Kier alpha value is -4.63. The van der Waals surface area contributed by atoms with E-state index in [9.17, 15) is 13.2 Å². The molecule has 0 unspecified atom stereocenters. The molecule has 41 heavy (non-hydrogen) atoms. The van der Waals surface area contributed by atoms with Gasteiger partial charge in [0.2, 0.25) is 0 Å². The van der Waals surface area contributed by atoms with E-state index in [1.165, 1.54) is 6.07 Å². The highest BCUT2D eigenvalue weighted by molar-refractivity contribution is 7.80. The van der Waals surface area contributed by atoms with Crippen LogP contribution >= 0.6 is 12.2 Å². The summed E-state index contributed by atoms with van der Waals surface area (Å²) in [7, 11) is 0. The fraction of sp³-hybridized carbons (Fsp3) is 0.125. The number of thiocarbonyl (C=S) groups is 1. The van der Waals surface area contributed by atoms with Gasteiger partial charge in [0, 0.05) is 29.5 Å². The van der Waals surface area contributed by atoms with E-state index in [1.807, 2.05) is 90.7 Å². The summed E-state index contributed by atoms with van der Waals surface area (Å²) in [5, 5.41) is 3.88. The van der Waals surface area contributed by atoms with Crippen molar-refractivity contribution in [2.24, 2.45) is 0 Å². The number of pyridine rings is 1. The summed E-state index contributed by atoms with van der Waals surface area (Å²) in [6.07, 6.45) is -0.980. The molecule has 0 amide bonds. The number of rotatable bonds is 6. The Labute approximate surface area is 240 Å².